The smallest absolute Gasteiger partial charge is 0.245 e. The summed E-state index contributed by atoms with van der Waals surface area (Å²) in [6, 6.07) is 2.17. The van der Waals surface area contributed by atoms with Crippen LogP contribution in [0, 0.1) is 19.3 Å². The fraction of sp³-hybridized carbons (Fsp3) is 0.600. The summed E-state index contributed by atoms with van der Waals surface area (Å²) in [7, 11) is 0. The third-order valence-corrected chi connectivity index (χ3v) is 5.78. The number of rotatable bonds is 3. The van der Waals surface area contributed by atoms with Crippen LogP contribution < -0.4 is 10.6 Å². The first-order chi connectivity index (χ1) is 10.0. The Balaban J connectivity index is 1.74. The number of hydrogen-bond donors (Lipinski definition) is 2. The molecule has 21 heavy (non-hydrogen) atoms. The van der Waals surface area contributed by atoms with E-state index in [2.05, 4.69) is 46.9 Å². The van der Waals surface area contributed by atoms with Crippen LogP contribution >= 0.6 is 11.3 Å². The van der Waals surface area contributed by atoms with Gasteiger partial charge in [-0.15, -0.1) is 16.4 Å². The van der Waals surface area contributed by atoms with Crippen molar-refractivity contribution in [1.29, 1.82) is 0 Å². The van der Waals surface area contributed by atoms with Crippen LogP contribution in [0.4, 0.5) is 5.95 Å². The minimum absolute atomic E-state index is 0.275. The molecule has 0 bridgehead atoms. The van der Waals surface area contributed by atoms with Crippen LogP contribution in [0.3, 0.4) is 0 Å². The molecule has 0 spiro atoms. The Morgan fingerprint density at radius 3 is 2.67 bits per heavy atom. The van der Waals surface area contributed by atoms with Crippen molar-refractivity contribution in [3.05, 3.63) is 16.5 Å². The predicted octanol–water partition coefficient (Wildman–Crippen LogP) is 2.72. The second-order valence-electron chi connectivity index (χ2n) is 6.34. The van der Waals surface area contributed by atoms with E-state index in [0.717, 1.165) is 49.1 Å². The van der Waals surface area contributed by atoms with Crippen LogP contribution in [0.2, 0.25) is 0 Å². The normalized spacial score (nSPS) is 18.2. The third kappa shape index (κ3) is 2.82. The monoisotopic (exact) mass is 305 g/mol. The van der Waals surface area contributed by atoms with Crippen LogP contribution in [0.15, 0.2) is 6.07 Å². The van der Waals surface area contributed by atoms with Crippen molar-refractivity contribution >= 4 is 17.3 Å². The summed E-state index contributed by atoms with van der Waals surface area (Å²) in [5.74, 6) is 1.69. The molecule has 0 atom stereocenters. The second-order valence-corrected chi connectivity index (χ2v) is 7.59. The van der Waals surface area contributed by atoms with E-state index in [9.17, 15) is 0 Å². The number of nitrogens with zero attached hydrogens (tertiary/aromatic N) is 3. The number of piperidine rings is 1. The van der Waals surface area contributed by atoms with Gasteiger partial charge in [-0.2, -0.15) is 4.98 Å². The second kappa shape index (κ2) is 5.42. The van der Waals surface area contributed by atoms with Crippen molar-refractivity contribution in [2.75, 3.05) is 24.5 Å². The summed E-state index contributed by atoms with van der Waals surface area (Å²) in [6.07, 6.45) is 2.20. The molecule has 0 amide bonds. The van der Waals surface area contributed by atoms with Crippen LogP contribution in [0.5, 0.6) is 0 Å². The van der Waals surface area contributed by atoms with Gasteiger partial charge in [-0.05, 0) is 50.3 Å². The van der Waals surface area contributed by atoms with Gasteiger partial charge in [-0.1, -0.05) is 6.92 Å². The number of H-pyrrole nitrogens is 1. The van der Waals surface area contributed by atoms with Crippen molar-refractivity contribution in [3.8, 4) is 10.7 Å². The van der Waals surface area contributed by atoms with Crippen LogP contribution in [-0.2, 0) is 0 Å². The molecule has 3 rings (SSSR count). The maximum atomic E-state index is 5.86. The Morgan fingerprint density at radius 2 is 2.10 bits per heavy atom. The molecule has 2 aromatic rings. The first-order valence-corrected chi connectivity index (χ1v) is 8.27. The predicted molar refractivity (Wildman–Crippen MR) is 87.8 cm³/mol. The number of nitrogens with two attached hydrogens (primary N) is 1. The van der Waals surface area contributed by atoms with Crippen molar-refractivity contribution in [1.82, 2.24) is 15.2 Å². The van der Waals surface area contributed by atoms with E-state index in [4.69, 9.17) is 5.73 Å². The average Bonchev–Trinajstić information content (AvgIpc) is 3.08. The lowest BCUT2D eigenvalue weighted by atomic mass is 9.81. The van der Waals surface area contributed by atoms with Crippen molar-refractivity contribution < 1.29 is 0 Å². The van der Waals surface area contributed by atoms with E-state index in [1.165, 1.54) is 10.4 Å². The van der Waals surface area contributed by atoms with Crippen LogP contribution in [0.25, 0.3) is 10.7 Å². The zero-order valence-corrected chi connectivity index (χ0v) is 13.8. The highest BCUT2D eigenvalue weighted by Crippen LogP contribution is 2.32. The summed E-state index contributed by atoms with van der Waals surface area (Å²) in [6.45, 7) is 9.25. The third-order valence-electron chi connectivity index (χ3n) is 4.62. The van der Waals surface area contributed by atoms with Gasteiger partial charge in [0.2, 0.25) is 5.95 Å². The highest BCUT2D eigenvalue weighted by molar-refractivity contribution is 7.15. The number of nitrogens with one attached hydrogen (secondary N) is 1. The molecule has 0 aromatic carbocycles. The summed E-state index contributed by atoms with van der Waals surface area (Å²) >= 11 is 1.76. The summed E-state index contributed by atoms with van der Waals surface area (Å²) in [5, 5.41) is 7.47. The summed E-state index contributed by atoms with van der Waals surface area (Å²) < 4.78 is 0. The molecule has 6 heteroatoms. The van der Waals surface area contributed by atoms with Crippen molar-refractivity contribution in [2.24, 2.45) is 11.1 Å². The Hall–Kier alpha value is -1.40. The maximum absolute atomic E-state index is 5.86. The Kier molecular flexibility index (Phi) is 3.75. The van der Waals surface area contributed by atoms with Gasteiger partial charge in [0, 0.05) is 18.0 Å². The number of aromatic nitrogens is 3. The molecule has 0 aliphatic carbocycles. The average molecular weight is 305 g/mol. The molecular weight excluding hydrogens is 282 g/mol. The van der Waals surface area contributed by atoms with E-state index >= 15 is 0 Å². The number of hydrogen-bond acceptors (Lipinski definition) is 5. The van der Waals surface area contributed by atoms with Crippen LogP contribution in [0.1, 0.15) is 30.2 Å². The molecule has 1 aliphatic rings. The molecule has 2 aromatic heterocycles. The summed E-state index contributed by atoms with van der Waals surface area (Å²) in [5.41, 5.74) is 7.45. The van der Waals surface area contributed by atoms with E-state index in [1.807, 2.05) is 0 Å². The lowest BCUT2D eigenvalue weighted by Crippen LogP contribution is -2.42. The first kappa shape index (κ1) is 14.5. The van der Waals surface area contributed by atoms with Gasteiger partial charge in [0.05, 0.1) is 4.88 Å². The van der Waals surface area contributed by atoms with Gasteiger partial charge in [-0.25, -0.2) is 0 Å². The first-order valence-electron chi connectivity index (χ1n) is 7.45. The van der Waals surface area contributed by atoms with Gasteiger partial charge in [0.1, 0.15) is 0 Å². The van der Waals surface area contributed by atoms with E-state index in [-0.39, 0.29) is 5.41 Å². The molecule has 0 unspecified atom stereocenters. The fourth-order valence-electron chi connectivity index (χ4n) is 2.65. The lowest BCUT2D eigenvalue weighted by Gasteiger charge is -2.38. The number of aryl methyl sites for hydroxylation is 2. The minimum atomic E-state index is 0.275. The Labute approximate surface area is 129 Å². The van der Waals surface area contributed by atoms with Crippen molar-refractivity contribution in [3.63, 3.8) is 0 Å². The molecule has 3 N–H and O–H groups in total. The fourth-order valence-corrected chi connectivity index (χ4v) is 3.62. The molecule has 5 nitrogen and oxygen atoms in total. The Morgan fingerprint density at radius 1 is 1.38 bits per heavy atom. The van der Waals surface area contributed by atoms with Crippen LogP contribution in [-0.4, -0.2) is 34.8 Å². The molecular formula is C15H23N5S. The maximum Gasteiger partial charge on any atom is 0.245 e. The summed E-state index contributed by atoms with van der Waals surface area (Å²) in [4.78, 5) is 9.42. The minimum Gasteiger partial charge on any atom is -0.339 e. The molecule has 3 heterocycles. The van der Waals surface area contributed by atoms with Gasteiger partial charge in [0.15, 0.2) is 5.82 Å². The molecule has 1 saturated heterocycles. The zero-order valence-electron chi connectivity index (χ0n) is 12.9. The lowest BCUT2D eigenvalue weighted by molar-refractivity contribution is 0.257. The van der Waals surface area contributed by atoms with Crippen molar-refractivity contribution in [2.45, 2.75) is 33.6 Å². The highest BCUT2D eigenvalue weighted by atomic mass is 32.1. The SMILES string of the molecule is Cc1cc(-c2nc(N3CCC(C)(CN)CC3)n[nH]2)sc1C. The standard InChI is InChI=1S/C15H23N5S/c1-10-8-12(21-11(10)2)13-17-14(19-18-13)20-6-4-15(3,9-16)5-7-20/h8H,4-7,9,16H2,1-3H3,(H,17,18,19). The van der Waals surface area contributed by atoms with Gasteiger partial charge in [0.25, 0.3) is 0 Å². The molecule has 0 radical (unpaired) electrons. The zero-order chi connectivity index (χ0) is 15.0. The Bertz CT molecular complexity index is 602. The topological polar surface area (TPSA) is 70.8 Å². The number of anilines is 1. The van der Waals surface area contributed by atoms with Gasteiger partial charge in [-0.3, -0.25) is 5.10 Å². The largest absolute Gasteiger partial charge is 0.339 e. The molecule has 114 valence electrons. The van der Waals surface area contributed by atoms with Gasteiger partial charge < -0.3 is 10.6 Å². The quantitative estimate of drug-likeness (QED) is 0.914. The highest BCUT2D eigenvalue weighted by Gasteiger charge is 2.30. The van der Waals surface area contributed by atoms with Gasteiger partial charge >= 0.3 is 0 Å². The van der Waals surface area contributed by atoms with E-state index in [0.29, 0.717) is 0 Å². The number of aromatic amines is 1. The van der Waals surface area contributed by atoms with E-state index in [1.54, 1.807) is 11.3 Å². The van der Waals surface area contributed by atoms with E-state index < -0.39 is 0 Å². The molecule has 1 fully saturated rings. The molecule has 1 aliphatic heterocycles. The number of thiophene rings is 1. The molecule has 0 saturated carbocycles.